The number of morpholine rings is 1. The molecule has 2 heterocycles. The zero-order valence-electron chi connectivity index (χ0n) is 15.2. The number of carbonyl (C=O) groups excluding carboxylic acids is 1. The highest BCUT2D eigenvalue weighted by Gasteiger charge is 2.20. The van der Waals surface area contributed by atoms with Crippen LogP contribution in [0.15, 0.2) is 35.5 Å². The van der Waals surface area contributed by atoms with E-state index in [-0.39, 0.29) is 11.9 Å². The van der Waals surface area contributed by atoms with E-state index in [1.54, 1.807) is 0 Å². The van der Waals surface area contributed by atoms with Gasteiger partial charge in [-0.2, -0.15) is 0 Å². The Balaban J connectivity index is 1.57. The van der Waals surface area contributed by atoms with Gasteiger partial charge in [0.1, 0.15) is 0 Å². The van der Waals surface area contributed by atoms with Crippen molar-refractivity contribution in [2.45, 2.75) is 31.6 Å². The second kappa shape index (κ2) is 9.05. The molecule has 1 aromatic carbocycles. The summed E-state index contributed by atoms with van der Waals surface area (Å²) in [5.74, 6) is 1.17. The van der Waals surface area contributed by atoms with Crippen LogP contribution in [0, 0.1) is 0 Å². The molecule has 1 saturated heterocycles. The molecule has 1 atom stereocenters. The number of anilines is 1. The largest absolute Gasteiger partial charge is 0.378 e. The number of rotatable bonds is 7. The van der Waals surface area contributed by atoms with E-state index in [1.165, 1.54) is 11.8 Å². The lowest BCUT2D eigenvalue weighted by Crippen LogP contribution is -2.38. The maximum absolute atomic E-state index is 12.3. The number of aromatic nitrogens is 3. The van der Waals surface area contributed by atoms with Gasteiger partial charge < -0.3 is 15.0 Å². The fourth-order valence-electron chi connectivity index (χ4n) is 2.90. The molecular formula is C18H25N5O2S. The summed E-state index contributed by atoms with van der Waals surface area (Å²) in [6, 6.07) is 9.93. The second-order valence-electron chi connectivity index (χ2n) is 6.11. The molecule has 1 N–H and O–H groups in total. The Morgan fingerprint density at radius 1 is 1.27 bits per heavy atom. The molecule has 2 aromatic rings. The van der Waals surface area contributed by atoms with Gasteiger partial charge in [0.25, 0.3) is 0 Å². The van der Waals surface area contributed by atoms with Crippen LogP contribution >= 0.6 is 11.8 Å². The number of carbonyl (C=O) groups is 1. The van der Waals surface area contributed by atoms with E-state index in [9.17, 15) is 4.79 Å². The lowest BCUT2D eigenvalue weighted by atomic mass is 10.1. The molecule has 0 bridgehead atoms. The Kier molecular flexibility index (Phi) is 6.51. The van der Waals surface area contributed by atoms with Crippen LogP contribution in [0.3, 0.4) is 0 Å². The van der Waals surface area contributed by atoms with Gasteiger partial charge in [-0.3, -0.25) is 9.36 Å². The van der Waals surface area contributed by atoms with E-state index in [2.05, 4.69) is 31.9 Å². The van der Waals surface area contributed by atoms with E-state index in [1.807, 2.05) is 37.3 Å². The maximum Gasteiger partial charge on any atom is 0.230 e. The van der Waals surface area contributed by atoms with Crippen molar-refractivity contribution >= 4 is 23.6 Å². The van der Waals surface area contributed by atoms with Crippen LogP contribution in [0.2, 0.25) is 0 Å². The SMILES string of the molecule is CCn1c(SCC(=O)N[C@@H](C)c2ccccc2)nnc1N1CCOCC1. The van der Waals surface area contributed by atoms with Gasteiger partial charge in [-0.15, -0.1) is 10.2 Å². The molecular weight excluding hydrogens is 350 g/mol. The van der Waals surface area contributed by atoms with E-state index >= 15 is 0 Å². The summed E-state index contributed by atoms with van der Waals surface area (Å²) in [5, 5.41) is 12.4. The van der Waals surface area contributed by atoms with Gasteiger partial charge >= 0.3 is 0 Å². The molecule has 0 saturated carbocycles. The highest BCUT2D eigenvalue weighted by molar-refractivity contribution is 7.99. The monoisotopic (exact) mass is 375 g/mol. The zero-order valence-corrected chi connectivity index (χ0v) is 16.0. The van der Waals surface area contributed by atoms with Crippen molar-refractivity contribution in [3.05, 3.63) is 35.9 Å². The highest BCUT2D eigenvalue weighted by Crippen LogP contribution is 2.22. The molecule has 26 heavy (non-hydrogen) atoms. The van der Waals surface area contributed by atoms with Crippen LogP contribution in [0.25, 0.3) is 0 Å². The smallest absolute Gasteiger partial charge is 0.230 e. The number of nitrogens with zero attached hydrogens (tertiary/aromatic N) is 4. The van der Waals surface area contributed by atoms with Crippen molar-refractivity contribution in [1.82, 2.24) is 20.1 Å². The molecule has 3 rings (SSSR count). The quantitative estimate of drug-likeness (QED) is 0.748. The third-order valence-corrected chi connectivity index (χ3v) is 5.28. The lowest BCUT2D eigenvalue weighted by Gasteiger charge is -2.27. The predicted molar refractivity (Wildman–Crippen MR) is 102 cm³/mol. The van der Waals surface area contributed by atoms with Crippen LogP contribution < -0.4 is 10.2 Å². The minimum absolute atomic E-state index is 0.00933. The van der Waals surface area contributed by atoms with E-state index in [4.69, 9.17) is 4.74 Å². The number of hydrogen-bond acceptors (Lipinski definition) is 6. The lowest BCUT2D eigenvalue weighted by molar-refractivity contribution is -0.119. The third-order valence-electron chi connectivity index (χ3n) is 4.32. The van der Waals surface area contributed by atoms with Crippen molar-refractivity contribution in [3.63, 3.8) is 0 Å². The predicted octanol–water partition coefficient (Wildman–Crippen LogP) is 2.10. The summed E-state index contributed by atoms with van der Waals surface area (Å²) in [6.07, 6.45) is 0. The Morgan fingerprint density at radius 3 is 2.69 bits per heavy atom. The first-order valence-electron chi connectivity index (χ1n) is 8.92. The van der Waals surface area contributed by atoms with Crippen LogP contribution in [0.5, 0.6) is 0 Å². The fourth-order valence-corrected chi connectivity index (χ4v) is 3.71. The molecule has 0 unspecified atom stereocenters. The summed E-state index contributed by atoms with van der Waals surface area (Å²) in [6.45, 7) is 7.87. The fraction of sp³-hybridized carbons (Fsp3) is 0.500. The minimum Gasteiger partial charge on any atom is -0.378 e. The molecule has 0 aliphatic carbocycles. The number of ether oxygens (including phenoxy) is 1. The van der Waals surface area contributed by atoms with E-state index in [0.29, 0.717) is 19.0 Å². The maximum atomic E-state index is 12.3. The van der Waals surface area contributed by atoms with Crippen molar-refractivity contribution in [1.29, 1.82) is 0 Å². The normalized spacial score (nSPS) is 15.7. The topological polar surface area (TPSA) is 72.3 Å². The second-order valence-corrected chi connectivity index (χ2v) is 7.06. The minimum atomic E-state index is -0.0164. The van der Waals surface area contributed by atoms with Crippen molar-refractivity contribution in [2.24, 2.45) is 0 Å². The Hall–Kier alpha value is -2.06. The standard InChI is InChI=1S/C18H25N5O2S/c1-3-23-17(22-9-11-25-12-10-22)20-21-18(23)26-13-16(24)19-14(2)15-7-5-4-6-8-15/h4-8,14H,3,9-13H2,1-2H3,(H,19,24)/t14-/m0/s1. The molecule has 1 aromatic heterocycles. The molecule has 140 valence electrons. The van der Waals surface area contributed by atoms with E-state index < -0.39 is 0 Å². The number of hydrogen-bond donors (Lipinski definition) is 1. The molecule has 0 radical (unpaired) electrons. The Morgan fingerprint density at radius 2 is 2.00 bits per heavy atom. The van der Waals surface area contributed by atoms with Crippen molar-refractivity contribution in [2.75, 3.05) is 37.0 Å². The summed E-state index contributed by atoms with van der Waals surface area (Å²) in [4.78, 5) is 14.5. The first-order chi connectivity index (χ1) is 12.7. The number of benzene rings is 1. The average molecular weight is 375 g/mol. The van der Waals surface area contributed by atoms with Gasteiger partial charge in [0.15, 0.2) is 5.16 Å². The van der Waals surface area contributed by atoms with Crippen LogP contribution in [0.1, 0.15) is 25.5 Å². The molecule has 7 nitrogen and oxygen atoms in total. The first kappa shape index (κ1) is 18.7. The third kappa shape index (κ3) is 4.56. The summed E-state index contributed by atoms with van der Waals surface area (Å²) in [5.41, 5.74) is 1.09. The van der Waals surface area contributed by atoms with Crippen LogP contribution in [-0.4, -0.2) is 52.7 Å². The first-order valence-corrected chi connectivity index (χ1v) is 9.90. The van der Waals surface area contributed by atoms with Gasteiger partial charge in [0, 0.05) is 19.6 Å². The summed E-state index contributed by atoms with van der Waals surface area (Å²) < 4.78 is 7.46. The Labute approximate surface area is 158 Å². The van der Waals surface area contributed by atoms with Crippen molar-refractivity contribution in [3.8, 4) is 0 Å². The molecule has 1 fully saturated rings. The molecule has 1 aliphatic rings. The number of nitrogens with one attached hydrogen (secondary N) is 1. The molecule has 0 spiro atoms. The number of amides is 1. The van der Waals surface area contributed by atoms with Gasteiger partial charge in [0.05, 0.1) is 25.0 Å². The Bertz CT molecular complexity index is 716. The average Bonchev–Trinajstić information content (AvgIpc) is 3.10. The summed E-state index contributed by atoms with van der Waals surface area (Å²) >= 11 is 1.42. The van der Waals surface area contributed by atoms with Gasteiger partial charge in [-0.05, 0) is 19.4 Å². The van der Waals surface area contributed by atoms with Crippen LogP contribution in [0.4, 0.5) is 5.95 Å². The highest BCUT2D eigenvalue weighted by atomic mass is 32.2. The zero-order chi connectivity index (χ0) is 18.4. The van der Waals surface area contributed by atoms with Gasteiger partial charge in [-0.1, -0.05) is 42.1 Å². The summed E-state index contributed by atoms with van der Waals surface area (Å²) in [7, 11) is 0. The van der Waals surface area contributed by atoms with Gasteiger partial charge in [0.2, 0.25) is 11.9 Å². The molecule has 1 aliphatic heterocycles. The van der Waals surface area contributed by atoms with E-state index in [0.717, 1.165) is 36.3 Å². The molecule has 1 amide bonds. The molecule has 8 heteroatoms. The number of thioether (sulfide) groups is 1. The van der Waals surface area contributed by atoms with Crippen molar-refractivity contribution < 1.29 is 9.53 Å². The van der Waals surface area contributed by atoms with Crippen LogP contribution in [-0.2, 0) is 16.1 Å². The van der Waals surface area contributed by atoms with Gasteiger partial charge in [-0.25, -0.2) is 0 Å².